The van der Waals surface area contributed by atoms with Crippen LogP contribution in [-0.2, 0) is 35.2 Å². The predicted molar refractivity (Wildman–Crippen MR) is 211 cm³/mol. The van der Waals surface area contributed by atoms with Crippen LogP contribution in [0.15, 0.2) is 78.9 Å². The highest BCUT2D eigenvalue weighted by Crippen LogP contribution is 2.44. The number of likely N-dealkylation sites (N-methyl/N-ethyl adjacent to an activating group) is 3. The molecule has 0 fully saturated rings. The Labute approximate surface area is 321 Å². The van der Waals surface area contributed by atoms with Crippen LogP contribution in [0, 0.1) is 11.8 Å². The number of ether oxygens (including phenoxy) is 3. The zero-order valence-corrected chi connectivity index (χ0v) is 33.9. The van der Waals surface area contributed by atoms with Crippen LogP contribution in [-0.4, -0.2) is 96.2 Å². The van der Waals surface area contributed by atoms with Crippen LogP contribution in [0.5, 0.6) is 0 Å². The van der Waals surface area contributed by atoms with Crippen molar-refractivity contribution in [3.63, 3.8) is 0 Å². The highest BCUT2D eigenvalue weighted by molar-refractivity contribution is 5.93. The lowest BCUT2D eigenvalue weighted by molar-refractivity contribution is -0.168. The van der Waals surface area contributed by atoms with Gasteiger partial charge in [0.2, 0.25) is 11.8 Å². The summed E-state index contributed by atoms with van der Waals surface area (Å²) in [5, 5.41) is 0. The topological polar surface area (TPSA) is 106 Å². The second-order valence-corrected chi connectivity index (χ2v) is 15.8. The molecule has 0 aromatic heterocycles. The Morgan fingerprint density at radius 3 is 1.70 bits per heavy atom. The summed E-state index contributed by atoms with van der Waals surface area (Å²) in [6.07, 6.45) is -0.850. The van der Waals surface area contributed by atoms with Crippen LogP contribution in [0.2, 0.25) is 0 Å². The van der Waals surface area contributed by atoms with Gasteiger partial charge in [-0.05, 0) is 67.3 Å². The molecule has 0 unspecified atom stereocenters. The van der Waals surface area contributed by atoms with Crippen molar-refractivity contribution in [3.05, 3.63) is 95.6 Å². The van der Waals surface area contributed by atoms with Crippen LogP contribution in [0.25, 0.3) is 11.1 Å². The van der Waals surface area contributed by atoms with E-state index in [4.69, 9.17) is 14.2 Å². The van der Waals surface area contributed by atoms with Crippen molar-refractivity contribution < 1.29 is 33.4 Å². The Kier molecular flexibility index (Phi) is 14.1. The first-order valence-corrected chi connectivity index (χ1v) is 19.0. The molecule has 0 radical (unpaired) electrons. The lowest BCUT2D eigenvalue weighted by Crippen LogP contribution is -2.61. The van der Waals surface area contributed by atoms with Gasteiger partial charge in [0.25, 0.3) is 0 Å². The van der Waals surface area contributed by atoms with Crippen LogP contribution in [0.4, 0.5) is 4.79 Å². The minimum Gasteiger partial charge on any atom is -0.458 e. The highest BCUT2D eigenvalue weighted by atomic mass is 16.6. The maximum absolute atomic E-state index is 14.7. The molecule has 3 amide bonds. The number of hydrogen-bond donors (Lipinski definition) is 0. The highest BCUT2D eigenvalue weighted by Gasteiger charge is 2.44. The van der Waals surface area contributed by atoms with E-state index in [1.54, 1.807) is 41.8 Å². The fraction of sp³-hybridized carbons (Fsp3) is 0.500. The summed E-state index contributed by atoms with van der Waals surface area (Å²) in [4.78, 5) is 60.6. The molecule has 0 heterocycles. The monoisotopic (exact) mass is 741 g/mol. The number of esters is 1. The third kappa shape index (κ3) is 9.69. The minimum absolute atomic E-state index is 0.0762. The van der Waals surface area contributed by atoms with Crippen molar-refractivity contribution in [2.75, 3.05) is 27.7 Å². The van der Waals surface area contributed by atoms with Gasteiger partial charge >= 0.3 is 12.1 Å². The molecule has 0 saturated heterocycles. The Balaban J connectivity index is 1.61. The molecule has 54 heavy (non-hydrogen) atoms. The van der Waals surface area contributed by atoms with E-state index in [1.807, 2.05) is 94.4 Å². The van der Waals surface area contributed by atoms with Crippen molar-refractivity contribution in [1.29, 1.82) is 0 Å². The average molecular weight is 742 g/mol. The van der Waals surface area contributed by atoms with Gasteiger partial charge in [-0.3, -0.25) is 14.5 Å². The summed E-state index contributed by atoms with van der Waals surface area (Å²) in [6.45, 7) is 15.0. The van der Waals surface area contributed by atoms with Gasteiger partial charge in [-0.2, -0.15) is 0 Å². The smallest absolute Gasteiger partial charge is 0.410 e. The van der Waals surface area contributed by atoms with Crippen LogP contribution in [0.3, 0.4) is 0 Å². The average Bonchev–Trinajstić information content (AvgIpc) is 3.45. The number of hydrogen-bond acceptors (Lipinski definition) is 7. The number of rotatable bonds is 15. The van der Waals surface area contributed by atoms with E-state index in [1.165, 1.54) is 21.7 Å². The molecule has 3 aromatic rings. The second kappa shape index (κ2) is 18.1. The van der Waals surface area contributed by atoms with Gasteiger partial charge in [0, 0.05) is 27.1 Å². The van der Waals surface area contributed by atoms with Gasteiger partial charge in [0.15, 0.2) is 0 Å². The van der Waals surface area contributed by atoms with Crippen molar-refractivity contribution >= 4 is 23.9 Å². The molecule has 10 nitrogen and oxygen atoms in total. The van der Waals surface area contributed by atoms with E-state index in [2.05, 4.69) is 12.1 Å². The summed E-state index contributed by atoms with van der Waals surface area (Å²) in [5.74, 6) is -2.12. The first-order valence-electron chi connectivity index (χ1n) is 19.0. The molecule has 0 aliphatic heterocycles. The molecular weight excluding hydrogens is 682 g/mol. The van der Waals surface area contributed by atoms with Gasteiger partial charge in [0.1, 0.15) is 30.3 Å². The molecule has 0 saturated carbocycles. The normalized spacial score (nSPS) is 15.3. The number of carbonyl (C=O) groups is 4. The molecule has 0 N–H and O–H groups in total. The van der Waals surface area contributed by atoms with Crippen molar-refractivity contribution in [3.8, 4) is 11.1 Å². The van der Waals surface area contributed by atoms with Gasteiger partial charge in [0.05, 0.1) is 12.7 Å². The lowest BCUT2D eigenvalue weighted by atomic mass is 9.94. The Morgan fingerprint density at radius 1 is 0.685 bits per heavy atom. The molecule has 5 atom stereocenters. The van der Waals surface area contributed by atoms with Gasteiger partial charge in [-0.1, -0.05) is 113 Å². The van der Waals surface area contributed by atoms with Gasteiger partial charge in [-0.15, -0.1) is 0 Å². The van der Waals surface area contributed by atoms with Crippen LogP contribution < -0.4 is 0 Å². The molecule has 292 valence electrons. The molecule has 1 aliphatic rings. The van der Waals surface area contributed by atoms with Gasteiger partial charge in [-0.25, -0.2) is 9.59 Å². The number of amides is 3. The largest absolute Gasteiger partial charge is 0.458 e. The molecule has 1 aliphatic carbocycles. The third-order valence-corrected chi connectivity index (χ3v) is 10.3. The molecule has 0 spiro atoms. The van der Waals surface area contributed by atoms with Crippen molar-refractivity contribution in [1.82, 2.24) is 14.7 Å². The summed E-state index contributed by atoms with van der Waals surface area (Å²) in [5.41, 5.74) is 4.52. The van der Waals surface area contributed by atoms with Crippen LogP contribution >= 0.6 is 0 Å². The Hall–Kier alpha value is -4.70. The number of carbonyl (C=O) groups excluding carboxylic acids is 4. The van der Waals surface area contributed by atoms with Crippen molar-refractivity contribution in [2.45, 2.75) is 104 Å². The Bertz CT molecular complexity index is 1710. The molecule has 3 aromatic carbocycles. The third-order valence-electron chi connectivity index (χ3n) is 10.3. The van der Waals surface area contributed by atoms with E-state index >= 15 is 0 Å². The van der Waals surface area contributed by atoms with Crippen LogP contribution in [0.1, 0.15) is 84.4 Å². The Morgan fingerprint density at radius 2 is 1.19 bits per heavy atom. The summed E-state index contributed by atoms with van der Waals surface area (Å²) in [6, 6.07) is 22.8. The fourth-order valence-electron chi connectivity index (χ4n) is 7.33. The minimum atomic E-state index is -1.15. The van der Waals surface area contributed by atoms with Gasteiger partial charge < -0.3 is 24.0 Å². The van der Waals surface area contributed by atoms with E-state index in [-0.39, 0.29) is 31.0 Å². The van der Waals surface area contributed by atoms with E-state index in [9.17, 15) is 19.2 Å². The maximum atomic E-state index is 14.7. The zero-order valence-electron chi connectivity index (χ0n) is 33.9. The quantitative estimate of drug-likeness (QED) is 0.148. The maximum Gasteiger partial charge on any atom is 0.410 e. The lowest BCUT2D eigenvalue weighted by Gasteiger charge is -2.40. The molecule has 0 bridgehead atoms. The fourth-order valence-corrected chi connectivity index (χ4v) is 7.33. The second-order valence-electron chi connectivity index (χ2n) is 15.8. The first-order chi connectivity index (χ1) is 25.5. The molecule has 4 rings (SSSR count). The standard InChI is InChI=1S/C44H59N3O7/c1-12-29(4)38(42(50)54-44(6,7)8)46(10)40(48)37(28(2)3)45(9)41(49)39(30(5)52-26-31-20-14-13-15-21-31)47(11)43(51)53-27-36-34-24-18-16-22-32(34)33-23-17-19-25-35(33)36/h13-25,28-30,36-39H,12,26-27H2,1-11H3/t29-,30+,37-,38-,39-/m0/s1. The predicted octanol–water partition coefficient (Wildman–Crippen LogP) is 7.54. The molecular formula is C44H59N3O7. The number of fused-ring (bicyclic) bond motifs is 3. The van der Waals surface area contributed by atoms with E-state index in [0.717, 1.165) is 27.8 Å². The number of nitrogens with zero attached hydrogens (tertiary/aromatic N) is 3. The van der Waals surface area contributed by atoms with E-state index < -0.39 is 53.7 Å². The first kappa shape index (κ1) is 42.0. The number of benzene rings is 3. The molecule has 10 heteroatoms. The van der Waals surface area contributed by atoms with E-state index in [0.29, 0.717) is 6.42 Å². The summed E-state index contributed by atoms with van der Waals surface area (Å²) >= 11 is 0. The summed E-state index contributed by atoms with van der Waals surface area (Å²) < 4.78 is 18.0. The summed E-state index contributed by atoms with van der Waals surface area (Å²) in [7, 11) is 4.67. The van der Waals surface area contributed by atoms with Crippen molar-refractivity contribution in [2.24, 2.45) is 11.8 Å². The zero-order chi connectivity index (χ0) is 39.9. The SMILES string of the molecule is CC[C@H](C)[C@@H](C(=O)OC(C)(C)C)N(C)C(=O)[C@H](C(C)C)N(C)C(=O)[C@H]([C@@H](C)OCc1ccccc1)N(C)C(=O)OCC1c2ccccc2-c2ccccc21.